The van der Waals surface area contributed by atoms with Crippen LogP contribution in [0.25, 0.3) is 0 Å². The van der Waals surface area contributed by atoms with Crippen molar-refractivity contribution in [3.63, 3.8) is 0 Å². The summed E-state index contributed by atoms with van der Waals surface area (Å²) < 4.78 is 4.93. The van der Waals surface area contributed by atoms with Gasteiger partial charge in [0.05, 0.1) is 12.5 Å². The summed E-state index contributed by atoms with van der Waals surface area (Å²) in [5.74, 6) is 0.850. The van der Waals surface area contributed by atoms with Gasteiger partial charge in [0.1, 0.15) is 0 Å². The van der Waals surface area contributed by atoms with Gasteiger partial charge in [-0.05, 0) is 32.1 Å². The lowest BCUT2D eigenvalue weighted by Gasteiger charge is -1.99. The Morgan fingerprint density at radius 1 is 1.67 bits per heavy atom. The third kappa shape index (κ3) is 2.77. The Bertz CT molecular complexity index is 159. The summed E-state index contributed by atoms with van der Waals surface area (Å²) in [5.41, 5.74) is 0. The van der Waals surface area contributed by atoms with E-state index in [4.69, 9.17) is 4.74 Å². The van der Waals surface area contributed by atoms with Crippen molar-refractivity contribution in [2.45, 2.75) is 26.2 Å². The lowest BCUT2D eigenvalue weighted by atomic mass is 10.2. The van der Waals surface area contributed by atoms with Crippen LogP contribution in [0, 0.1) is 11.8 Å². The van der Waals surface area contributed by atoms with Gasteiger partial charge in [0.2, 0.25) is 0 Å². The van der Waals surface area contributed by atoms with Crippen molar-refractivity contribution in [3.8, 4) is 0 Å². The first-order valence-electron chi connectivity index (χ1n) is 4.52. The highest BCUT2D eigenvalue weighted by Crippen LogP contribution is 2.42. The molecule has 0 amide bonds. The smallest absolute Gasteiger partial charge is 0.309 e. The number of halogens is 1. The number of hydrogen-bond acceptors (Lipinski definition) is 2. The summed E-state index contributed by atoms with van der Waals surface area (Å²) in [7, 11) is 0. The number of hydrogen-bond donors (Lipinski definition) is 0. The highest BCUT2D eigenvalue weighted by atomic mass is 79.9. The van der Waals surface area contributed by atoms with E-state index in [0.29, 0.717) is 12.5 Å². The fourth-order valence-electron chi connectivity index (χ4n) is 1.44. The number of carbonyl (C=O) groups excluding carboxylic acids is 1. The van der Waals surface area contributed by atoms with Gasteiger partial charge in [0.15, 0.2) is 0 Å². The molecule has 0 spiro atoms. The lowest BCUT2D eigenvalue weighted by Crippen LogP contribution is -2.07. The SMILES string of the molecule is CCOC(=O)C1CC1CCCBr. The molecule has 0 radical (unpaired) electrons. The Hall–Kier alpha value is -0.0500. The van der Waals surface area contributed by atoms with Gasteiger partial charge in [0.25, 0.3) is 0 Å². The third-order valence-corrected chi connectivity index (χ3v) is 2.78. The van der Waals surface area contributed by atoms with Gasteiger partial charge in [-0.3, -0.25) is 4.79 Å². The number of ether oxygens (including phenoxy) is 1. The molecule has 1 saturated carbocycles. The summed E-state index contributed by atoms with van der Waals surface area (Å²) in [6.07, 6.45) is 3.38. The Morgan fingerprint density at radius 3 is 3.00 bits per heavy atom. The zero-order valence-corrected chi connectivity index (χ0v) is 8.97. The second-order valence-electron chi connectivity index (χ2n) is 3.19. The molecule has 0 aromatic heterocycles. The molecule has 0 saturated heterocycles. The Labute approximate surface area is 81.8 Å². The van der Waals surface area contributed by atoms with Crippen LogP contribution in [0.4, 0.5) is 0 Å². The molecular weight excluding hydrogens is 220 g/mol. The topological polar surface area (TPSA) is 26.3 Å². The molecule has 0 bridgehead atoms. The molecule has 1 fully saturated rings. The van der Waals surface area contributed by atoms with E-state index in [1.165, 1.54) is 6.42 Å². The van der Waals surface area contributed by atoms with E-state index >= 15 is 0 Å². The van der Waals surface area contributed by atoms with Crippen LogP contribution in [0.2, 0.25) is 0 Å². The van der Waals surface area contributed by atoms with E-state index < -0.39 is 0 Å². The molecule has 0 aromatic carbocycles. The quantitative estimate of drug-likeness (QED) is 0.540. The van der Waals surface area contributed by atoms with Crippen LogP contribution in [0.1, 0.15) is 26.2 Å². The van der Waals surface area contributed by atoms with Gasteiger partial charge in [-0.1, -0.05) is 15.9 Å². The molecule has 2 unspecified atom stereocenters. The van der Waals surface area contributed by atoms with Crippen LogP contribution in [0.15, 0.2) is 0 Å². The maximum absolute atomic E-state index is 11.1. The first kappa shape index (κ1) is 10.0. The van der Waals surface area contributed by atoms with Crippen LogP contribution in [0.3, 0.4) is 0 Å². The maximum Gasteiger partial charge on any atom is 0.309 e. The minimum Gasteiger partial charge on any atom is -0.466 e. The molecule has 12 heavy (non-hydrogen) atoms. The number of esters is 1. The first-order chi connectivity index (χ1) is 5.79. The molecule has 0 N–H and O–H groups in total. The van der Waals surface area contributed by atoms with Crippen molar-refractivity contribution >= 4 is 21.9 Å². The van der Waals surface area contributed by atoms with Gasteiger partial charge in [-0.2, -0.15) is 0 Å². The number of carbonyl (C=O) groups is 1. The van der Waals surface area contributed by atoms with Crippen molar-refractivity contribution in [2.24, 2.45) is 11.8 Å². The van der Waals surface area contributed by atoms with Crippen molar-refractivity contribution in [1.29, 1.82) is 0 Å². The molecule has 1 aliphatic carbocycles. The minimum absolute atomic E-state index is 0.0112. The van der Waals surface area contributed by atoms with Gasteiger partial charge >= 0.3 is 5.97 Å². The third-order valence-electron chi connectivity index (χ3n) is 2.22. The molecule has 0 heterocycles. The summed E-state index contributed by atoms with van der Waals surface area (Å²) in [6, 6.07) is 0. The summed E-state index contributed by atoms with van der Waals surface area (Å²) in [4.78, 5) is 11.1. The monoisotopic (exact) mass is 234 g/mol. The van der Waals surface area contributed by atoms with Gasteiger partial charge in [-0.15, -0.1) is 0 Å². The van der Waals surface area contributed by atoms with E-state index in [-0.39, 0.29) is 11.9 Å². The minimum atomic E-state index is 0.0112. The average Bonchev–Trinajstić information content (AvgIpc) is 2.80. The van der Waals surface area contributed by atoms with Gasteiger partial charge in [-0.25, -0.2) is 0 Å². The first-order valence-corrected chi connectivity index (χ1v) is 5.64. The molecular formula is C9H15BrO2. The van der Waals surface area contributed by atoms with Gasteiger partial charge < -0.3 is 4.74 Å². The molecule has 2 nitrogen and oxygen atoms in total. The van der Waals surface area contributed by atoms with Crippen molar-refractivity contribution in [3.05, 3.63) is 0 Å². The second-order valence-corrected chi connectivity index (χ2v) is 3.98. The summed E-state index contributed by atoms with van der Waals surface area (Å²) in [6.45, 7) is 2.37. The molecule has 3 heteroatoms. The fraction of sp³-hybridized carbons (Fsp3) is 0.889. The highest BCUT2D eigenvalue weighted by molar-refractivity contribution is 9.09. The Morgan fingerprint density at radius 2 is 2.42 bits per heavy atom. The van der Waals surface area contributed by atoms with Crippen LogP contribution >= 0.6 is 15.9 Å². The predicted molar refractivity (Wildman–Crippen MR) is 51.3 cm³/mol. The molecule has 1 rings (SSSR count). The highest BCUT2D eigenvalue weighted by Gasteiger charge is 2.43. The molecule has 0 aromatic rings. The summed E-state index contributed by atoms with van der Waals surface area (Å²) >= 11 is 3.38. The maximum atomic E-state index is 11.1. The molecule has 2 atom stereocenters. The number of rotatable bonds is 5. The molecule has 70 valence electrons. The average molecular weight is 235 g/mol. The fourth-order valence-corrected chi connectivity index (χ4v) is 1.77. The second kappa shape index (κ2) is 4.85. The normalized spacial score (nSPS) is 26.8. The summed E-state index contributed by atoms with van der Waals surface area (Å²) in [5, 5.41) is 1.04. The van der Waals surface area contributed by atoms with Crippen molar-refractivity contribution in [2.75, 3.05) is 11.9 Å². The Balaban J connectivity index is 2.10. The van der Waals surface area contributed by atoms with Crippen LogP contribution < -0.4 is 0 Å². The van der Waals surface area contributed by atoms with Crippen LogP contribution in [-0.2, 0) is 9.53 Å². The van der Waals surface area contributed by atoms with E-state index in [1.54, 1.807) is 0 Å². The van der Waals surface area contributed by atoms with E-state index in [2.05, 4.69) is 15.9 Å². The molecule has 0 aliphatic heterocycles. The standard InChI is InChI=1S/C9H15BrO2/c1-2-12-9(11)8-6-7(8)4-3-5-10/h7-8H,2-6H2,1H3. The van der Waals surface area contributed by atoms with E-state index in [0.717, 1.165) is 18.2 Å². The largest absolute Gasteiger partial charge is 0.466 e. The number of alkyl halides is 1. The van der Waals surface area contributed by atoms with Gasteiger partial charge in [0, 0.05) is 5.33 Å². The van der Waals surface area contributed by atoms with E-state index in [1.807, 2.05) is 6.92 Å². The zero-order valence-electron chi connectivity index (χ0n) is 7.38. The van der Waals surface area contributed by atoms with E-state index in [9.17, 15) is 4.79 Å². The van der Waals surface area contributed by atoms with Crippen molar-refractivity contribution in [1.82, 2.24) is 0 Å². The van der Waals surface area contributed by atoms with Crippen molar-refractivity contribution < 1.29 is 9.53 Å². The molecule has 1 aliphatic rings. The zero-order chi connectivity index (χ0) is 8.97. The lowest BCUT2D eigenvalue weighted by molar-refractivity contribution is -0.145. The predicted octanol–water partition coefficient (Wildman–Crippen LogP) is 2.36. The van der Waals surface area contributed by atoms with Crippen LogP contribution in [0.5, 0.6) is 0 Å². The Kier molecular flexibility index (Phi) is 4.06. The van der Waals surface area contributed by atoms with Crippen LogP contribution in [-0.4, -0.2) is 17.9 Å².